The molecule has 0 amide bonds. The van der Waals surface area contributed by atoms with Crippen LogP contribution in [-0.4, -0.2) is 0 Å². The maximum Gasteiger partial charge on any atom is -0.0102 e. The topological polar surface area (TPSA) is 0 Å². The van der Waals surface area contributed by atoms with Gasteiger partial charge in [0, 0.05) is 0 Å². The third-order valence-corrected chi connectivity index (χ3v) is 12.9. The second-order valence-corrected chi connectivity index (χ2v) is 17.2. The molecule has 0 heteroatoms. The first-order valence-corrected chi connectivity index (χ1v) is 19.9. The van der Waals surface area contributed by atoms with Crippen LogP contribution in [0.1, 0.15) is 191 Å². The predicted octanol–water partition coefficient (Wildman–Crippen LogP) is 17.6. The van der Waals surface area contributed by atoms with E-state index in [-0.39, 0.29) is 0 Å². The van der Waals surface area contributed by atoms with E-state index in [0.717, 1.165) is 0 Å². The molecule has 0 unspecified atom stereocenters. The second-order valence-electron chi connectivity index (χ2n) is 17.2. The number of rotatable bonds is 0. The van der Waals surface area contributed by atoms with Crippen LogP contribution in [0.25, 0.3) is 0 Å². The van der Waals surface area contributed by atoms with Gasteiger partial charge in [0.15, 0.2) is 0 Å². The van der Waals surface area contributed by atoms with Crippen LogP contribution in [0.3, 0.4) is 0 Å². The Balaban J connectivity index is 0.000000312. The molecular weight excluding hydrogens is 625 g/mol. The van der Waals surface area contributed by atoms with Crippen LogP contribution in [0.15, 0.2) is 135 Å². The molecule has 0 fully saturated rings. The predicted molar refractivity (Wildman–Crippen MR) is 239 cm³/mol. The van der Waals surface area contributed by atoms with Gasteiger partial charge in [0.2, 0.25) is 0 Å². The first-order chi connectivity index (χ1) is 23.9. The normalized spacial score (nSPS) is 19.9. The van der Waals surface area contributed by atoms with E-state index in [1.54, 1.807) is 44.6 Å². The van der Waals surface area contributed by atoms with Crippen LogP contribution in [0.5, 0.6) is 0 Å². The zero-order valence-electron chi connectivity index (χ0n) is 38.4. The van der Waals surface area contributed by atoms with Crippen molar-refractivity contribution in [2.45, 2.75) is 191 Å². The standard InChI is InChI=1S/4C9H14.2C8H12/c4*1-6-5-7(2)9(4)8(6)3;2*1-6-4-7(2)8(3)5-6/h4*5H2,1-4H3;2*4H,5H2,1-3H3. The average Bonchev–Trinajstić information content (AvgIpc) is 3.80. The lowest BCUT2D eigenvalue weighted by Crippen LogP contribution is -1.74. The van der Waals surface area contributed by atoms with E-state index < -0.39 is 0 Å². The van der Waals surface area contributed by atoms with Gasteiger partial charge in [-0.15, -0.1) is 0 Å². The number of allylic oxidation sites excluding steroid dienone is 24. The summed E-state index contributed by atoms with van der Waals surface area (Å²) >= 11 is 0. The summed E-state index contributed by atoms with van der Waals surface area (Å²) in [6.07, 6.45) is 11.7. The lowest BCUT2D eigenvalue weighted by molar-refractivity contribution is 1.13. The molecule has 0 nitrogen and oxygen atoms in total. The monoisotopic (exact) mass is 705 g/mol. The van der Waals surface area contributed by atoms with Crippen molar-refractivity contribution in [3.63, 3.8) is 0 Å². The van der Waals surface area contributed by atoms with Crippen molar-refractivity contribution in [3.05, 3.63) is 135 Å². The minimum absolute atomic E-state index is 1.20. The van der Waals surface area contributed by atoms with E-state index in [2.05, 4.69) is 164 Å². The first-order valence-electron chi connectivity index (χ1n) is 19.9. The molecule has 0 spiro atoms. The molecule has 0 bridgehead atoms. The molecule has 6 rings (SSSR count). The molecule has 0 heterocycles. The summed E-state index contributed by atoms with van der Waals surface area (Å²) in [4.78, 5) is 0. The molecule has 0 aliphatic heterocycles. The molecule has 0 saturated heterocycles. The van der Waals surface area contributed by atoms with Crippen molar-refractivity contribution >= 4 is 0 Å². The highest BCUT2D eigenvalue weighted by molar-refractivity contribution is 5.45. The van der Waals surface area contributed by atoms with E-state index in [9.17, 15) is 0 Å². The number of hydrogen-bond donors (Lipinski definition) is 0. The molecule has 0 aromatic carbocycles. The summed E-state index contributed by atoms with van der Waals surface area (Å²) in [6, 6.07) is 0. The highest BCUT2D eigenvalue weighted by Gasteiger charge is 2.13. The summed E-state index contributed by atoms with van der Waals surface area (Å²) < 4.78 is 0. The van der Waals surface area contributed by atoms with Crippen LogP contribution < -0.4 is 0 Å². The zero-order valence-corrected chi connectivity index (χ0v) is 38.4. The Bertz CT molecular complexity index is 1460. The van der Waals surface area contributed by atoms with Crippen LogP contribution in [0, 0.1) is 0 Å². The fourth-order valence-corrected chi connectivity index (χ4v) is 7.42. The quantitative estimate of drug-likeness (QED) is 0.235. The summed E-state index contributed by atoms with van der Waals surface area (Å²) in [7, 11) is 0. The summed E-state index contributed by atoms with van der Waals surface area (Å²) in [5, 5.41) is 0. The molecule has 52 heavy (non-hydrogen) atoms. The van der Waals surface area contributed by atoms with E-state index >= 15 is 0 Å². The molecule has 0 N–H and O–H groups in total. The first kappa shape index (κ1) is 46.9. The van der Waals surface area contributed by atoms with Gasteiger partial charge in [-0.05, 0) is 235 Å². The van der Waals surface area contributed by atoms with Gasteiger partial charge in [0.1, 0.15) is 0 Å². The van der Waals surface area contributed by atoms with Gasteiger partial charge >= 0.3 is 0 Å². The van der Waals surface area contributed by atoms with Gasteiger partial charge in [-0.3, -0.25) is 0 Å². The van der Waals surface area contributed by atoms with Gasteiger partial charge < -0.3 is 0 Å². The van der Waals surface area contributed by atoms with E-state index in [4.69, 9.17) is 0 Å². The van der Waals surface area contributed by atoms with Crippen molar-refractivity contribution in [2.75, 3.05) is 0 Å². The summed E-state index contributed by atoms with van der Waals surface area (Å²) in [5.74, 6) is 0. The Hall–Kier alpha value is -3.12. The fourth-order valence-electron chi connectivity index (χ4n) is 7.42. The summed E-state index contributed by atoms with van der Waals surface area (Å²) in [6.45, 7) is 48.5. The zero-order chi connectivity index (χ0) is 40.4. The van der Waals surface area contributed by atoms with E-state index in [1.807, 2.05) is 0 Å². The molecule has 0 aromatic rings. The van der Waals surface area contributed by atoms with Crippen molar-refractivity contribution < 1.29 is 0 Å². The van der Waals surface area contributed by atoms with Crippen molar-refractivity contribution in [2.24, 2.45) is 0 Å². The fraction of sp³-hybridized carbons (Fsp3) is 0.538. The Kier molecular flexibility index (Phi) is 18.9. The Labute approximate surface area is 324 Å². The molecule has 6 aliphatic carbocycles. The van der Waals surface area contributed by atoms with E-state index in [0.29, 0.717) is 0 Å². The van der Waals surface area contributed by atoms with Gasteiger partial charge in [-0.25, -0.2) is 0 Å². The SMILES string of the molecule is CC1=C(C)C(C)=C(C)C1.CC1=C(C)C(C)=C(C)C1.CC1=C(C)C(C)=C(C)C1.CC1=C(C)C(C)=C(C)C1.CC1=CC(C)=C(C)C1.CC1=CC(C)=C(C)C1. The van der Waals surface area contributed by atoms with Gasteiger partial charge in [0.25, 0.3) is 0 Å². The highest BCUT2D eigenvalue weighted by Crippen LogP contribution is 2.33. The molecule has 0 radical (unpaired) electrons. The van der Waals surface area contributed by atoms with Gasteiger partial charge in [-0.1, -0.05) is 90.2 Å². The van der Waals surface area contributed by atoms with Crippen molar-refractivity contribution in [1.82, 2.24) is 0 Å². The number of hydrogen-bond acceptors (Lipinski definition) is 0. The van der Waals surface area contributed by atoms with Gasteiger partial charge in [0.05, 0.1) is 0 Å². The van der Waals surface area contributed by atoms with Crippen molar-refractivity contribution in [3.8, 4) is 0 Å². The van der Waals surface area contributed by atoms with Crippen LogP contribution in [0.2, 0.25) is 0 Å². The smallest absolute Gasteiger partial charge is 0.0102 e. The average molecular weight is 705 g/mol. The van der Waals surface area contributed by atoms with Crippen molar-refractivity contribution in [1.29, 1.82) is 0 Å². The minimum Gasteiger partial charge on any atom is -0.0690 e. The second kappa shape index (κ2) is 20.9. The molecule has 0 atom stereocenters. The maximum atomic E-state index is 2.26. The molecule has 0 saturated carbocycles. The Morgan fingerprint density at radius 3 is 0.404 bits per heavy atom. The molecule has 6 aliphatic rings. The minimum atomic E-state index is 1.20. The molecule has 288 valence electrons. The Morgan fingerprint density at radius 1 is 0.212 bits per heavy atom. The largest absolute Gasteiger partial charge is 0.0690 e. The maximum absolute atomic E-state index is 2.26. The summed E-state index contributed by atoms with van der Waals surface area (Å²) in [5.41, 5.74) is 33.4. The van der Waals surface area contributed by atoms with Gasteiger partial charge in [-0.2, -0.15) is 0 Å². The third-order valence-electron chi connectivity index (χ3n) is 12.9. The van der Waals surface area contributed by atoms with Crippen LogP contribution in [-0.2, 0) is 0 Å². The molecule has 0 aromatic heterocycles. The van der Waals surface area contributed by atoms with Crippen LogP contribution >= 0.6 is 0 Å². The Morgan fingerprint density at radius 2 is 0.365 bits per heavy atom. The highest BCUT2D eigenvalue weighted by atomic mass is 14.2. The van der Waals surface area contributed by atoms with E-state index in [1.165, 1.54) is 117 Å². The molecular formula is C52H80. The van der Waals surface area contributed by atoms with Crippen LogP contribution in [0.4, 0.5) is 0 Å². The lowest BCUT2D eigenvalue weighted by atomic mass is 10.1. The lowest BCUT2D eigenvalue weighted by Gasteiger charge is -1.94. The third kappa shape index (κ3) is 13.7.